The van der Waals surface area contributed by atoms with Crippen molar-refractivity contribution < 1.29 is 0 Å². The van der Waals surface area contributed by atoms with Crippen LogP contribution in [-0.2, 0) is 6.54 Å². The van der Waals surface area contributed by atoms with E-state index in [1.54, 1.807) is 0 Å². The number of rotatable bonds is 4. The molecule has 0 aliphatic carbocycles. The Labute approximate surface area is 162 Å². The van der Waals surface area contributed by atoms with Crippen LogP contribution in [0.2, 0.25) is 0 Å². The zero-order chi connectivity index (χ0) is 18.5. The lowest BCUT2D eigenvalue weighted by Gasteiger charge is -2.32. The van der Waals surface area contributed by atoms with E-state index >= 15 is 0 Å². The van der Waals surface area contributed by atoms with Gasteiger partial charge < -0.3 is 9.80 Å². The van der Waals surface area contributed by atoms with Crippen LogP contribution in [0.1, 0.15) is 42.9 Å². The van der Waals surface area contributed by atoms with Crippen LogP contribution in [0, 0.1) is 0 Å². The van der Waals surface area contributed by atoms with E-state index in [0.29, 0.717) is 6.04 Å². The summed E-state index contributed by atoms with van der Waals surface area (Å²) in [5.74, 6) is 0.869. The van der Waals surface area contributed by atoms with Crippen LogP contribution in [0.3, 0.4) is 0 Å². The van der Waals surface area contributed by atoms with Crippen molar-refractivity contribution in [1.82, 2.24) is 24.8 Å². The monoisotopic (exact) mass is 366 g/mol. The zero-order valence-corrected chi connectivity index (χ0v) is 16.3. The maximum absolute atomic E-state index is 4.67. The van der Waals surface area contributed by atoms with Crippen molar-refractivity contribution in [2.24, 2.45) is 0 Å². The van der Waals surface area contributed by atoms with Crippen molar-refractivity contribution in [3.8, 4) is 0 Å². The molecule has 0 unspecified atom stereocenters. The van der Waals surface area contributed by atoms with Gasteiger partial charge in [0.05, 0.1) is 0 Å². The maximum Gasteiger partial charge on any atom is 0.225 e. The molecule has 2 aliphatic heterocycles. The van der Waals surface area contributed by atoms with E-state index in [1.807, 2.05) is 24.8 Å². The highest BCUT2D eigenvalue weighted by molar-refractivity contribution is 5.30. The highest BCUT2D eigenvalue weighted by atomic mass is 15.3. The molecule has 4 rings (SSSR count). The summed E-state index contributed by atoms with van der Waals surface area (Å²) in [5, 5.41) is 0. The van der Waals surface area contributed by atoms with Crippen LogP contribution in [0.5, 0.6) is 0 Å². The van der Waals surface area contributed by atoms with E-state index in [1.165, 1.54) is 36.8 Å². The molecule has 1 atom stereocenters. The van der Waals surface area contributed by atoms with Crippen LogP contribution in [-0.4, -0.2) is 64.5 Å². The van der Waals surface area contributed by atoms with Gasteiger partial charge in [-0.15, -0.1) is 0 Å². The van der Waals surface area contributed by atoms with Crippen LogP contribution in [0.4, 0.5) is 5.95 Å². The molecule has 0 spiro atoms. The molecule has 0 bridgehead atoms. The summed E-state index contributed by atoms with van der Waals surface area (Å²) in [7, 11) is 2.17. The molecule has 6 nitrogen and oxygen atoms in total. The van der Waals surface area contributed by atoms with Crippen molar-refractivity contribution in [2.75, 3.05) is 44.7 Å². The molecule has 2 fully saturated rings. The Bertz CT molecular complexity index is 696. The number of hydrogen-bond acceptors (Lipinski definition) is 6. The van der Waals surface area contributed by atoms with Crippen molar-refractivity contribution in [1.29, 1.82) is 0 Å². The van der Waals surface area contributed by atoms with Gasteiger partial charge in [-0.1, -0.05) is 12.8 Å². The number of aromatic nitrogens is 3. The maximum atomic E-state index is 4.67. The van der Waals surface area contributed by atoms with Gasteiger partial charge in [-0.3, -0.25) is 9.88 Å². The minimum Gasteiger partial charge on any atom is -0.338 e. The number of anilines is 1. The predicted octanol–water partition coefficient (Wildman–Crippen LogP) is 2.74. The van der Waals surface area contributed by atoms with Crippen LogP contribution >= 0.6 is 0 Å². The molecule has 2 aliphatic rings. The second-order valence-electron chi connectivity index (χ2n) is 7.80. The standard InChI is InChI=1S/C21H30N6/c1-25-11-13-26(14-12-25)21-23-15-18(16-24-21)17-27-10-4-2-3-5-20(27)19-6-8-22-9-7-19/h6-9,15-16,20H,2-5,10-14,17H2,1H3/t20-/m1/s1. The van der Waals surface area contributed by atoms with Crippen molar-refractivity contribution >= 4 is 5.95 Å². The largest absolute Gasteiger partial charge is 0.338 e. The minimum atomic E-state index is 0.466. The molecule has 0 aromatic carbocycles. The van der Waals surface area contributed by atoms with E-state index < -0.39 is 0 Å². The Morgan fingerprint density at radius 1 is 0.926 bits per heavy atom. The SMILES string of the molecule is CN1CCN(c2ncc(CN3CCCCC[C@@H]3c3ccncc3)cn2)CC1. The van der Waals surface area contributed by atoms with Gasteiger partial charge in [0.2, 0.25) is 5.95 Å². The summed E-state index contributed by atoms with van der Waals surface area (Å²) < 4.78 is 0. The van der Waals surface area contributed by atoms with Crippen molar-refractivity contribution in [2.45, 2.75) is 38.3 Å². The second-order valence-corrected chi connectivity index (χ2v) is 7.80. The number of hydrogen-bond donors (Lipinski definition) is 0. The normalized spacial score (nSPS) is 22.6. The highest BCUT2D eigenvalue weighted by Gasteiger charge is 2.23. The van der Waals surface area contributed by atoms with Gasteiger partial charge in [-0.05, 0) is 44.1 Å². The lowest BCUT2D eigenvalue weighted by Crippen LogP contribution is -2.45. The lowest BCUT2D eigenvalue weighted by atomic mass is 10.0. The van der Waals surface area contributed by atoms with E-state index in [2.05, 4.69) is 48.8 Å². The van der Waals surface area contributed by atoms with E-state index in [-0.39, 0.29) is 0 Å². The topological polar surface area (TPSA) is 48.4 Å². The summed E-state index contributed by atoms with van der Waals surface area (Å²) in [6, 6.07) is 4.79. The molecule has 27 heavy (non-hydrogen) atoms. The Kier molecular flexibility index (Phi) is 5.94. The molecule has 4 heterocycles. The average molecular weight is 367 g/mol. The Hall–Kier alpha value is -2.05. The molecule has 0 radical (unpaired) electrons. The Morgan fingerprint density at radius 3 is 2.41 bits per heavy atom. The molecular weight excluding hydrogens is 336 g/mol. The van der Waals surface area contributed by atoms with Crippen LogP contribution in [0.15, 0.2) is 36.9 Å². The molecule has 144 valence electrons. The second kappa shape index (κ2) is 8.76. The van der Waals surface area contributed by atoms with Gasteiger partial charge >= 0.3 is 0 Å². The fourth-order valence-corrected chi connectivity index (χ4v) is 4.15. The van der Waals surface area contributed by atoms with Gasteiger partial charge in [0, 0.05) is 69.1 Å². The summed E-state index contributed by atoms with van der Waals surface area (Å²) >= 11 is 0. The first-order valence-electron chi connectivity index (χ1n) is 10.2. The molecule has 2 saturated heterocycles. The smallest absolute Gasteiger partial charge is 0.225 e. The van der Waals surface area contributed by atoms with Crippen molar-refractivity contribution in [3.05, 3.63) is 48.0 Å². The minimum absolute atomic E-state index is 0.466. The van der Waals surface area contributed by atoms with Gasteiger partial charge in [-0.25, -0.2) is 9.97 Å². The molecular formula is C21H30N6. The van der Waals surface area contributed by atoms with Gasteiger partial charge in [-0.2, -0.15) is 0 Å². The summed E-state index contributed by atoms with van der Waals surface area (Å²) in [6.45, 7) is 6.21. The van der Waals surface area contributed by atoms with E-state index in [4.69, 9.17) is 0 Å². The predicted molar refractivity (Wildman–Crippen MR) is 108 cm³/mol. The molecule has 2 aromatic heterocycles. The summed E-state index contributed by atoms with van der Waals surface area (Å²) in [6.07, 6.45) is 13.0. The summed E-state index contributed by atoms with van der Waals surface area (Å²) in [4.78, 5) is 20.8. The van der Waals surface area contributed by atoms with Crippen LogP contribution < -0.4 is 4.90 Å². The molecule has 0 N–H and O–H groups in total. The fraction of sp³-hybridized carbons (Fsp3) is 0.571. The van der Waals surface area contributed by atoms with Crippen LogP contribution in [0.25, 0.3) is 0 Å². The number of piperazine rings is 1. The number of nitrogens with zero attached hydrogens (tertiary/aromatic N) is 6. The number of likely N-dealkylation sites (N-methyl/N-ethyl adjacent to an activating group) is 1. The average Bonchev–Trinajstić information content (AvgIpc) is 2.95. The third kappa shape index (κ3) is 4.62. The van der Waals surface area contributed by atoms with Gasteiger partial charge in [0.25, 0.3) is 0 Å². The molecule has 6 heteroatoms. The Balaban J connectivity index is 1.45. The Morgan fingerprint density at radius 2 is 1.67 bits per heavy atom. The highest BCUT2D eigenvalue weighted by Crippen LogP contribution is 2.31. The van der Waals surface area contributed by atoms with Gasteiger partial charge in [0.1, 0.15) is 0 Å². The third-order valence-electron chi connectivity index (χ3n) is 5.82. The fourth-order valence-electron chi connectivity index (χ4n) is 4.15. The number of likely N-dealkylation sites (tertiary alicyclic amines) is 1. The van der Waals surface area contributed by atoms with E-state index in [0.717, 1.165) is 45.2 Å². The molecule has 0 amide bonds. The molecule has 2 aromatic rings. The quantitative estimate of drug-likeness (QED) is 0.829. The first kappa shape index (κ1) is 18.3. The first-order chi connectivity index (χ1) is 13.3. The molecule has 0 saturated carbocycles. The number of pyridine rings is 1. The summed E-state index contributed by atoms with van der Waals surface area (Å²) in [5.41, 5.74) is 2.58. The lowest BCUT2D eigenvalue weighted by molar-refractivity contribution is 0.192. The zero-order valence-electron chi connectivity index (χ0n) is 16.3. The third-order valence-corrected chi connectivity index (χ3v) is 5.82. The first-order valence-corrected chi connectivity index (χ1v) is 10.2. The van der Waals surface area contributed by atoms with Gasteiger partial charge in [0.15, 0.2) is 0 Å². The van der Waals surface area contributed by atoms with Crippen molar-refractivity contribution in [3.63, 3.8) is 0 Å². The van der Waals surface area contributed by atoms with E-state index in [9.17, 15) is 0 Å².